The number of nitrogens with zero attached hydrogens (tertiary/aromatic N) is 1. The fourth-order valence-corrected chi connectivity index (χ4v) is 4.40. The lowest BCUT2D eigenvalue weighted by Crippen LogP contribution is -2.48. The highest BCUT2D eigenvalue weighted by Crippen LogP contribution is 2.30. The van der Waals surface area contributed by atoms with Crippen molar-refractivity contribution in [1.82, 2.24) is 10.2 Å². The first-order valence-corrected chi connectivity index (χ1v) is 9.95. The van der Waals surface area contributed by atoms with Gasteiger partial charge in [0.25, 0.3) is 0 Å². The molecule has 3 N–H and O–H groups in total. The van der Waals surface area contributed by atoms with E-state index < -0.39 is 0 Å². The summed E-state index contributed by atoms with van der Waals surface area (Å²) in [7, 11) is 0. The quantitative estimate of drug-likeness (QED) is 0.779. The summed E-state index contributed by atoms with van der Waals surface area (Å²) in [5, 5.41) is 3.16. The van der Waals surface area contributed by atoms with Gasteiger partial charge in [-0.15, -0.1) is 12.4 Å². The summed E-state index contributed by atoms with van der Waals surface area (Å²) >= 11 is 0. The molecule has 6 heteroatoms. The number of benzene rings is 1. The molecule has 3 rings (SSSR count). The van der Waals surface area contributed by atoms with Gasteiger partial charge < -0.3 is 16.0 Å². The Morgan fingerprint density at radius 2 is 1.89 bits per heavy atom. The van der Waals surface area contributed by atoms with Gasteiger partial charge in [-0.3, -0.25) is 9.59 Å². The molecule has 5 nitrogen and oxygen atoms in total. The van der Waals surface area contributed by atoms with Crippen LogP contribution in [0.15, 0.2) is 30.3 Å². The van der Waals surface area contributed by atoms with Gasteiger partial charge in [-0.25, -0.2) is 0 Å². The molecule has 2 amide bonds. The van der Waals surface area contributed by atoms with E-state index in [9.17, 15) is 9.59 Å². The number of likely N-dealkylation sites (tertiary alicyclic amines) is 1. The molecule has 2 aliphatic rings. The van der Waals surface area contributed by atoms with Crippen LogP contribution < -0.4 is 11.1 Å². The molecule has 0 radical (unpaired) electrons. The third kappa shape index (κ3) is 5.23. The van der Waals surface area contributed by atoms with Crippen LogP contribution in [0.3, 0.4) is 0 Å². The van der Waals surface area contributed by atoms with E-state index in [-0.39, 0.29) is 42.2 Å². The molecular formula is C21H32ClN3O2. The van der Waals surface area contributed by atoms with Crippen LogP contribution in [0.1, 0.15) is 57.1 Å². The maximum Gasteiger partial charge on any atom is 0.225 e. The smallest absolute Gasteiger partial charge is 0.225 e. The minimum Gasteiger partial charge on any atom is -0.352 e. The molecule has 3 atom stereocenters. The fraction of sp³-hybridized carbons (Fsp3) is 0.619. The predicted octanol–water partition coefficient (Wildman–Crippen LogP) is 3.04. The third-order valence-electron chi connectivity index (χ3n) is 6.08. The summed E-state index contributed by atoms with van der Waals surface area (Å²) in [5.41, 5.74) is 7.04. The Morgan fingerprint density at radius 1 is 1.22 bits per heavy atom. The summed E-state index contributed by atoms with van der Waals surface area (Å²) in [6, 6.07) is 10.0. The Labute approximate surface area is 168 Å². The molecule has 2 fully saturated rings. The van der Waals surface area contributed by atoms with Gasteiger partial charge in [-0.05, 0) is 31.2 Å². The molecule has 150 valence electrons. The summed E-state index contributed by atoms with van der Waals surface area (Å²) in [4.78, 5) is 27.1. The Bertz CT molecular complexity index is 619. The summed E-state index contributed by atoms with van der Waals surface area (Å²) in [5.74, 6) is 0.256. The highest BCUT2D eigenvalue weighted by Gasteiger charge is 2.38. The van der Waals surface area contributed by atoms with Gasteiger partial charge >= 0.3 is 0 Å². The van der Waals surface area contributed by atoms with Gasteiger partial charge in [0.05, 0.1) is 12.0 Å². The van der Waals surface area contributed by atoms with Crippen LogP contribution in [0.25, 0.3) is 0 Å². The Balaban J connectivity index is 0.00000261. The van der Waals surface area contributed by atoms with Gasteiger partial charge in [0.2, 0.25) is 11.8 Å². The lowest BCUT2D eigenvalue weighted by Gasteiger charge is -2.31. The number of nitrogens with one attached hydrogen (secondary N) is 1. The molecule has 0 bridgehead atoms. The normalized spacial score (nSPS) is 22.8. The lowest BCUT2D eigenvalue weighted by atomic mass is 9.83. The molecule has 1 aliphatic carbocycles. The monoisotopic (exact) mass is 393 g/mol. The maximum absolute atomic E-state index is 12.8. The molecule has 1 aromatic rings. The highest BCUT2D eigenvalue weighted by molar-refractivity contribution is 5.89. The number of halogens is 1. The molecule has 3 unspecified atom stereocenters. The highest BCUT2D eigenvalue weighted by atomic mass is 35.5. The van der Waals surface area contributed by atoms with Crippen molar-refractivity contribution in [3.05, 3.63) is 35.9 Å². The van der Waals surface area contributed by atoms with Gasteiger partial charge in [0.1, 0.15) is 0 Å². The van der Waals surface area contributed by atoms with E-state index in [2.05, 4.69) is 5.32 Å². The van der Waals surface area contributed by atoms with Gasteiger partial charge in [0, 0.05) is 25.6 Å². The standard InChI is InChI=1S/C21H31N3O2.ClH/c1-15(16-8-4-2-5-9-16)24-14-18(12-20(24)25)21(26)23-19(13-22)17-10-6-3-7-11-17;/h2,4-5,8-9,15,17-19H,3,6-7,10-14,22H2,1H3,(H,23,26);1H. The second-order valence-electron chi connectivity index (χ2n) is 7.78. The Kier molecular flexibility index (Phi) is 8.11. The number of carbonyl (C=O) groups excluding carboxylic acids is 2. The van der Waals surface area contributed by atoms with Crippen molar-refractivity contribution < 1.29 is 9.59 Å². The molecule has 1 saturated heterocycles. The number of hydrogen-bond donors (Lipinski definition) is 2. The number of rotatable bonds is 6. The van der Waals surface area contributed by atoms with Crippen LogP contribution in [-0.4, -0.2) is 35.8 Å². The molecule has 1 heterocycles. The molecule has 1 aliphatic heterocycles. The Hall–Kier alpha value is -1.59. The zero-order chi connectivity index (χ0) is 18.5. The van der Waals surface area contributed by atoms with E-state index >= 15 is 0 Å². The summed E-state index contributed by atoms with van der Waals surface area (Å²) < 4.78 is 0. The number of hydrogen-bond acceptors (Lipinski definition) is 3. The average molecular weight is 394 g/mol. The second kappa shape index (κ2) is 10.1. The van der Waals surface area contributed by atoms with Crippen molar-refractivity contribution in [1.29, 1.82) is 0 Å². The van der Waals surface area contributed by atoms with Gasteiger partial charge in [-0.2, -0.15) is 0 Å². The van der Waals surface area contributed by atoms with Gasteiger partial charge in [0.15, 0.2) is 0 Å². The minimum absolute atomic E-state index is 0. The minimum atomic E-state index is -0.272. The van der Waals surface area contributed by atoms with Crippen molar-refractivity contribution in [3.63, 3.8) is 0 Å². The third-order valence-corrected chi connectivity index (χ3v) is 6.08. The first-order valence-electron chi connectivity index (χ1n) is 9.95. The lowest BCUT2D eigenvalue weighted by molar-refractivity contribution is -0.130. The molecular weight excluding hydrogens is 362 g/mol. The van der Waals surface area contributed by atoms with E-state index in [1.165, 1.54) is 19.3 Å². The van der Waals surface area contributed by atoms with E-state index in [0.29, 0.717) is 25.4 Å². The topological polar surface area (TPSA) is 75.4 Å². The van der Waals surface area contributed by atoms with Crippen LogP contribution in [-0.2, 0) is 9.59 Å². The Morgan fingerprint density at radius 3 is 2.52 bits per heavy atom. The predicted molar refractivity (Wildman–Crippen MR) is 109 cm³/mol. The van der Waals surface area contributed by atoms with Crippen molar-refractivity contribution >= 4 is 24.2 Å². The number of carbonyl (C=O) groups is 2. The van der Waals surface area contributed by atoms with Crippen LogP contribution >= 0.6 is 12.4 Å². The first-order chi connectivity index (χ1) is 12.6. The summed E-state index contributed by atoms with van der Waals surface area (Å²) in [6.45, 7) is 2.99. The maximum atomic E-state index is 12.8. The molecule has 0 aromatic heterocycles. The van der Waals surface area contributed by atoms with Crippen LogP contribution in [0.5, 0.6) is 0 Å². The molecule has 0 spiro atoms. The summed E-state index contributed by atoms with van der Waals surface area (Å²) in [6.07, 6.45) is 6.31. The van der Waals surface area contributed by atoms with Crippen molar-refractivity contribution in [2.45, 2.75) is 57.5 Å². The molecule has 1 saturated carbocycles. The van der Waals surface area contributed by atoms with E-state index in [1.807, 2.05) is 42.2 Å². The fourth-order valence-electron chi connectivity index (χ4n) is 4.40. The van der Waals surface area contributed by atoms with Crippen molar-refractivity contribution in [2.75, 3.05) is 13.1 Å². The van der Waals surface area contributed by atoms with E-state index in [1.54, 1.807) is 0 Å². The van der Waals surface area contributed by atoms with Crippen LogP contribution in [0.2, 0.25) is 0 Å². The van der Waals surface area contributed by atoms with Gasteiger partial charge in [-0.1, -0.05) is 49.6 Å². The molecule has 27 heavy (non-hydrogen) atoms. The SMILES string of the molecule is CC(c1ccccc1)N1CC(C(=O)NC(CN)C2CCCCC2)CC1=O.Cl. The zero-order valence-corrected chi connectivity index (χ0v) is 16.9. The zero-order valence-electron chi connectivity index (χ0n) is 16.1. The van der Waals surface area contributed by atoms with Crippen molar-refractivity contribution in [3.8, 4) is 0 Å². The average Bonchev–Trinajstić information content (AvgIpc) is 3.08. The van der Waals surface area contributed by atoms with Crippen LogP contribution in [0, 0.1) is 11.8 Å². The number of nitrogens with two attached hydrogens (primary N) is 1. The van der Waals surface area contributed by atoms with E-state index in [0.717, 1.165) is 18.4 Å². The first kappa shape index (κ1) is 21.7. The number of amides is 2. The molecule has 1 aromatic carbocycles. The van der Waals surface area contributed by atoms with E-state index in [4.69, 9.17) is 5.73 Å². The second-order valence-corrected chi connectivity index (χ2v) is 7.78. The largest absolute Gasteiger partial charge is 0.352 e. The van der Waals surface area contributed by atoms with Crippen LogP contribution in [0.4, 0.5) is 0 Å². The van der Waals surface area contributed by atoms with Crippen molar-refractivity contribution in [2.24, 2.45) is 17.6 Å².